The number of likely N-dealkylation sites (N-methyl/N-ethyl adjacent to an activating group) is 1. The van der Waals surface area contributed by atoms with Gasteiger partial charge < -0.3 is 15.3 Å². The smallest absolute Gasteiger partial charge is 0.291 e. The molecule has 0 fully saturated rings. The third kappa shape index (κ3) is 4.39. The van der Waals surface area contributed by atoms with Gasteiger partial charge in [0.05, 0.1) is 15.0 Å². The standard InChI is InChI=1S/C12H19BrN4O3/c1-8-9(17(19)20)5-14-11(10(8)13)15-6-12(2,18)7-16(3)4/h5,18H,6-7H2,1-4H3,(H,14,15). The van der Waals surface area contributed by atoms with E-state index < -0.39 is 10.5 Å². The number of rotatable bonds is 6. The Balaban J connectivity index is 2.85. The van der Waals surface area contributed by atoms with E-state index in [1.165, 1.54) is 6.20 Å². The zero-order valence-corrected chi connectivity index (χ0v) is 13.6. The highest BCUT2D eigenvalue weighted by Gasteiger charge is 2.23. The maximum atomic E-state index is 10.8. The Morgan fingerprint density at radius 2 is 2.20 bits per heavy atom. The molecule has 0 bridgehead atoms. The van der Waals surface area contributed by atoms with Gasteiger partial charge in [0.2, 0.25) is 0 Å². The predicted octanol–water partition coefficient (Wildman–Crippen LogP) is 1.79. The van der Waals surface area contributed by atoms with Crippen LogP contribution in [0.2, 0.25) is 0 Å². The van der Waals surface area contributed by atoms with Crippen molar-refractivity contribution in [2.45, 2.75) is 19.4 Å². The number of hydrogen-bond donors (Lipinski definition) is 2. The molecule has 0 amide bonds. The Morgan fingerprint density at radius 3 is 2.70 bits per heavy atom. The Hall–Kier alpha value is -1.25. The first-order chi connectivity index (χ1) is 9.14. The van der Waals surface area contributed by atoms with Crippen LogP contribution in [-0.4, -0.2) is 52.7 Å². The molecule has 0 aliphatic rings. The summed E-state index contributed by atoms with van der Waals surface area (Å²) in [6.45, 7) is 4.14. The van der Waals surface area contributed by atoms with Gasteiger partial charge in [-0.15, -0.1) is 0 Å². The maximum absolute atomic E-state index is 10.8. The van der Waals surface area contributed by atoms with E-state index in [9.17, 15) is 15.2 Å². The van der Waals surface area contributed by atoms with E-state index in [2.05, 4.69) is 26.2 Å². The van der Waals surface area contributed by atoms with Gasteiger partial charge in [-0.2, -0.15) is 0 Å². The summed E-state index contributed by atoms with van der Waals surface area (Å²) in [7, 11) is 3.75. The van der Waals surface area contributed by atoms with E-state index in [0.717, 1.165) is 0 Å². The van der Waals surface area contributed by atoms with Gasteiger partial charge >= 0.3 is 0 Å². The molecule has 112 valence electrons. The highest BCUT2D eigenvalue weighted by molar-refractivity contribution is 9.10. The number of anilines is 1. The maximum Gasteiger partial charge on any atom is 0.291 e. The SMILES string of the molecule is Cc1c([N+](=O)[O-])cnc(NCC(C)(O)CN(C)C)c1Br. The molecule has 1 aromatic rings. The summed E-state index contributed by atoms with van der Waals surface area (Å²) in [4.78, 5) is 16.2. The number of pyridine rings is 1. The molecule has 1 heterocycles. The van der Waals surface area contributed by atoms with Crippen LogP contribution in [0.3, 0.4) is 0 Å². The third-order valence-electron chi connectivity index (χ3n) is 2.73. The topological polar surface area (TPSA) is 91.5 Å². The van der Waals surface area contributed by atoms with Crippen molar-refractivity contribution in [3.05, 3.63) is 26.3 Å². The monoisotopic (exact) mass is 346 g/mol. The summed E-state index contributed by atoms with van der Waals surface area (Å²) < 4.78 is 0.535. The Bertz CT molecular complexity index is 506. The summed E-state index contributed by atoms with van der Waals surface area (Å²) in [5, 5.41) is 24.0. The molecular formula is C12H19BrN4O3. The van der Waals surface area contributed by atoms with Crippen LogP contribution in [0, 0.1) is 17.0 Å². The van der Waals surface area contributed by atoms with Crippen LogP contribution in [0.15, 0.2) is 10.7 Å². The number of nitro groups is 1. The molecule has 2 N–H and O–H groups in total. The van der Waals surface area contributed by atoms with Crippen LogP contribution in [0.5, 0.6) is 0 Å². The molecule has 1 unspecified atom stereocenters. The van der Waals surface area contributed by atoms with Crippen molar-refractivity contribution in [1.29, 1.82) is 0 Å². The van der Waals surface area contributed by atoms with Gasteiger partial charge in [0.25, 0.3) is 5.69 Å². The first-order valence-electron chi connectivity index (χ1n) is 6.04. The first kappa shape index (κ1) is 16.8. The van der Waals surface area contributed by atoms with Crippen molar-refractivity contribution in [1.82, 2.24) is 9.88 Å². The molecule has 8 heteroatoms. The molecule has 1 atom stereocenters. The van der Waals surface area contributed by atoms with E-state index in [4.69, 9.17) is 0 Å². The van der Waals surface area contributed by atoms with E-state index >= 15 is 0 Å². The third-order valence-corrected chi connectivity index (χ3v) is 3.70. The van der Waals surface area contributed by atoms with Crippen molar-refractivity contribution in [3.8, 4) is 0 Å². The van der Waals surface area contributed by atoms with E-state index in [-0.39, 0.29) is 12.2 Å². The number of nitrogens with zero attached hydrogens (tertiary/aromatic N) is 3. The lowest BCUT2D eigenvalue weighted by atomic mass is 10.1. The van der Waals surface area contributed by atoms with Crippen molar-refractivity contribution < 1.29 is 10.0 Å². The lowest BCUT2D eigenvalue weighted by Crippen LogP contribution is -2.43. The minimum atomic E-state index is -0.930. The van der Waals surface area contributed by atoms with E-state index in [1.807, 2.05) is 19.0 Å². The summed E-state index contributed by atoms with van der Waals surface area (Å²) in [5.41, 5.74) is -0.470. The molecule has 0 aliphatic heterocycles. The highest BCUT2D eigenvalue weighted by Crippen LogP contribution is 2.30. The minimum Gasteiger partial charge on any atom is -0.387 e. The molecule has 0 aromatic carbocycles. The largest absolute Gasteiger partial charge is 0.387 e. The quantitative estimate of drug-likeness (QED) is 0.602. The molecule has 1 rings (SSSR count). The van der Waals surface area contributed by atoms with Gasteiger partial charge in [-0.05, 0) is 43.9 Å². The van der Waals surface area contributed by atoms with Crippen LogP contribution in [0.4, 0.5) is 11.5 Å². The van der Waals surface area contributed by atoms with Crippen LogP contribution in [0.25, 0.3) is 0 Å². The minimum absolute atomic E-state index is 0.0394. The van der Waals surface area contributed by atoms with Gasteiger partial charge in [-0.3, -0.25) is 10.1 Å². The lowest BCUT2D eigenvalue weighted by Gasteiger charge is -2.27. The summed E-state index contributed by atoms with van der Waals surface area (Å²) in [6, 6.07) is 0. The normalized spacial score (nSPS) is 14.2. The zero-order chi connectivity index (χ0) is 15.5. The zero-order valence-electron chi connectivity index (χ0n) is 12.0. The van der Waals surface area contributed by atoms with Gasteiger partial charge in [-0.25, -0.2) is 4.98 Å². The van der Waals surface area contributed by atoms with Gasteiger partial charge in [0.15, 0.2) is 0 Å². The first-order valence-corrected chi connectivity index (χ1v) is 6.84. The fourth-order valence-electron chi connectivity index (χ4n) is 1.89. The van der Waals surface area contributed by atoms with Gasteiger partial charge in [-0.1, -0.05) is 0 Å². The number of halogens is 1. The molecule has 0 aliphatic carbocycles. The number of aromatic nitrogens is 1. The summed E-state index contributed by atoms with van der Waals surface area (Å²) in [6.07, 6.45) is 1.21. The van der Waals surface area contributed by atoms with Crippen molar-refractivity contribution in [2.75, 3.05) is 32.5 Å². The molecule has 0 spiro atoms. The predicted molar refractivity (Wildman–Crippen MR) is 81.0 cm³/mol. The van der Waals surface area contributed by atoms with Crippen LogP contribution >= 0.6 is 15.9 Å². The van der Waals surface area contributed by atoms with Gasteiger partial charge in [0, 0.05) is 18.7 Å². The Morgan fingerprint density at radius 1 is 1.60 bits per heavy atom. The molecule has 20 heavy (non-hydrogen) atoms. The van der Waals surface area contributed by atoms with Gasteiger partial charge in [0.1, 0.15) is 12.0 Å². The highest BCUT2D eigenvalue weighted by atomic mass is 79.9. The summed E-state index contributed by atoms with van der Waals surface area (Å²) in [5.74, 6) is 0.479. The fraction of sp³-hybridized carbons (Fsp3) is 0.583. The average Bonchev–Trinajstić information content (AvgIpc) is 2.29. The van der Waals surface area contributed by atoms with Crippen LogP contribution < -0.4 is 5.32 Å². The van der Waals surface area contributed by atoms with Crippen molar-refractivity contribution in [2.24, 2.45) is 0 Å². The second kappa shape index (κ2) is 6.47. The molecular weight excluding hydrogens is 328 g/mol. The number of nitrogens with one attached hydrogen (secondary N) is 1. The van der Waals surface area contributed by atoms with Crippen molar-refractivity contribution >= 4 is 27.4 Å². The Kier molecular flexibility index (Phi) is 5.43. The van der Waals surface area contributed by atoms with E-state index in [0.29, 0.717) is 22.4 Å². The second-order valence-corrected chi connectivity index (χ2v) is 6.07. The molecule has 0 radical (unpaired) electrons. The fourth-order valence-corrected chi connectivity index (χ4v) is 2.33. The molecule has 1 aromatic heterocycles. The van der Waals surface area contributed by atoms with Crippen LogP contribution in [-0.2, 0) is 0 Å². The second-order valence-electron chi connectivity index (χ2n) is 5.28. The molecule has 0 saturated heterocycles. The average molecular weight is 347 g/mol. The molecule has 0 saturated carbocycles. The summed E-state index contributed by atoms with van der Waals surface area (Å²) >= 11 is 3.30. The van der Waals surface area contributed by atoms with Crippen molar-refractivity contribution in [3.63, 3.8) is 0 Å². The number of hydrogen-bond acceptors (Lipinski definition) is 6. The van der Waals surface area contributed by atoms with Crippen LogP contribution in [0.1, 0.15) is 12.5 Å². The van der Waals surface area contributed by atoms with E-state index in [1.54, 1.807) is 13.8 Å². The Labute approximate surface area is 126 Å². The lowest BCUT2D eigenvalue weighted by molar-refractivity contribution is -0.385. The number of aliphatic hydroxyl groups is 1. The molecule has 7 nitrogen and oxygen atoms in total.